The van der Waals surface area contributed by atoms with Crippen LogP contribution in [0.5, 0.6) is 0 Å². The SMILES string of the molecule is OCc1ccccc1-c1ccon1. The molecule has 0 aliphatic heterocycles. The molecule has 0 amide bonds. The minimum atomic E-state index is 0.0169. The fraction of sp³-hybridized carbons (Fsp3) is 0.100. The molecule has 0 fully saturated rings. The van der Waals surface area contributed by atoms with Gasteiger partial charge in [-0.2, -0.15) is 0 Å². The predicted molar refractivity (Wildman–Crippen MR) is 47.9 cm³/mol. The Bertz CT molecular complexity index is 382. The zero-order valence-electron chi connectivity index (χ0n) is 6.97. The third kappa shape index (κ3) is 1.46. The summed E-state index contributed by atoms with van der Waals surface area (Å²) in [5, 5.41) is 12.9. The number of nitrogens with zero attached hydrogens (tertiary/aromatic N) is 1. The third-order valence-corrected chi connectivity index (χ3v) is 1.90. The first-order valence-electron chi connectivity index (χ1n) is 4.01. The second-order valence-corrected chi connectivity index (χ2v) is 2.70. The van der Waals surface area contributed by atoms with E-state index in [9.17, 15) is 0 Å². The maximum Gasteiger partial charge on any atom is 0.124 e. The first-order valence-corrected chi connectivity index (χ1v) is 4.01. The summed E-state index contributed by atoms with van der Waals surface area (Å²) in [6.45, 7) is 0.0169. The highest BCUT2D eigenvalue weighted by atomic mass is 16.5. The van der Waals surface area contributed by atoms with Gasteiger partial charge >= 0.3 is 0 Å². The van der Waals surface area contributed by atoms with Gasteiger partial charge in [-0.25, -0.2) is 0 Å². The quantitative estimate of drug-likeness (QED) is 0.757. The average molecular weight is 175 g/mol. The standard InChI is InChI=1S/C10H9NO2/c12-7-8-3-1-2-4-9(8)10-5-6-13-11-10/h1-6,12H,7H2. The van der Waals surface area contributed by atoms with E-state index in [0.717, 1.165) is 16.8 Å². The molecule has 0 unspecified atom stereocenters. The van der Waals surface area contributed by atoms with Gasteiger partial charge in [-0.3, -0.25) is 0 Å². The van der Waals surface area contributed by atoms with Crippen LogP contribution in [-0.4, -0.2) is 10.3 Å². The molecule has 1 aromatic heterocycles. The minimum absolute atomic E-state index is 0.0169. The largest absolute Gasteiger partial charge is 0.392 e. The van der Waals surface area contributed by atoms with Crippen molar-refractivity contribution in [3.05, 3.63) is 42.2 Å². The second kappa shape index (κ2) is 3.41. The van der Waals surface area contributed by atoms with E-state index in [1.807, 2.05) is 24.3 Å². The zero-order valence-corrected chi connectivity index (χ0v) is 6.97. The summed E-state index contributed by atoms with van der Waals surface area (Å²) in [5.41, 5.74) is 2.53. The summed E-state index contributed by atoms with van der Waals surface area (Å²) in [7, 11) is 0. The predicted octanol–water partition coefficient (Wildman–Crippen LogP) is 1.83. The fourth-order valence-corrected chi connectivity index (χ4v) is 1.26. The molecule has 0 saturated heterocycles. The van der Waals surface area contributed by atoms with Crippen LogP contribution in [0, 0.1) is 0 Å². The third-order valence-electron chi connectivity index (χ3n) is 1.90. The van der Waals surface area contributed by atoms with Crippen molar-refractivity contribution >= 4 is 0 Å². The van der Waals surface area contributed by atoms with E-state index in [-0.39, 0.29) is 6.61 Å². The number of benzene rings is 1. The lowest BCUT2D eigenvalue weighted by molar-refractivity contribution is 0.282. The van der Waals surface area contributed by atoms with Crippen LogP contribution in [0.1, 0.15) is 5.56 Å². The maximum atomic E-state index is 9.06. The summed E-state index contributed by atoms with van der Waals surface area (Å²) in [4.78, 5) is 0. The van der Waals surface area contributed by atoms with Crippen molar-refractivity contribution < 1.29 is 9.63 Å². The number of hydrogen-bond acceptors (Lipinski definition) is 3. The molecule has 1 aromatic carbocycles. The van der Waals surface area contributed by atoms with Crippen molar-refractivity contribution in [2.75, 3.05) is 0 Å². The van der Waals surface area contributed by atoms with Crippen LogP contribution in [-0.2, 0) is 6.61 Å². The molecule has 0 spiro atoms. The Labute approximate surface area is 75.6 Å². The number of rotatable bonds is 2. The van der Waals surface area contributed by atoms with Gasteiger partial charge in [-0.15, -0.1) is 0 Å². The molecular weight excluding hydrogens is 166 g/mol. The van der Waals surface area contributed by atoms with Crippen molar-refractivity contribution in [1.82, 2.24) is 5.16 Å². The van der Waals surface area contributed by atoms with Crippen LogP contribution in [0.3, 0.4) is 0 Å². The van der Waals surface area contributed by atoms with E-state index in [1.165, 1.54) is 6.26 Å². The second-order valence-electron chi connectivity index (χ2n) is 2.70. The molecule has 0 atom stereocenters. The minimum Gasteiger partial charge on any atom is -0.392 e. The number of aliphatic hydroxyl groups is 1. The van der Waals surface area contributed by atoms with Gasteiger partial charge in [0.1, 0.15) is 12.0 Å². The first kappa shape index (κ1) is 8.01. The Morgan fingerprint density at radius 2 is 2.08 bits per heavy atom. The summed E-state index contributed by atoms with van der Waals surface area (Å²) < 4.78 is 4.74. The zero-order chi connectivity index (χ0) is 9.10. The van der Waals surface area contributed by atoms with Gasteiger partial charge in [0.25, 0.3) is 0 Å². The van der Waals surface area contributed by atoms with Crippen molar-refractivity contribution in [2.45, 2.75) is 6.61 Å². The molecule has 1 N–H and O–H groups in total. The van der Waals surface area contributed by atoms with Gasteiger partial charge in [0.15, 0.2) is 0 Å². The van der Waals surface area contributed by atoms with Gasteiger partial charge < -0.3 is 9.63 Å². The van der Waals surface area contributed by atoms with Gasteiger partial charge in [0.2, 0.25) is 0 Å². The summed E-state index contributed by atoms with van der Waals surface area (Å²) in [6.07, 6.45) is 1.52. The van der Waals surface area contributed by atoms with E-state index >= 15 is 0 Å². The highest BCUT2D eigenvalue weighted by molar-refractivity contribution is 5.62. The topological polar surface area (TPSA) is 46.3 Å². The van der Waals surface area contributed by atoms with Crippen LogP contribution in [0.25, 0.3) is 11.3 Å². The van der Waals surface area contributed by atoms with Crippen LogP contribution >= 0.6 is 0 Å². The van der Waals surface area contributed by atoms with Crippen LogP contribution < -0.4 is 0 Å². The van der Waals surface area contributed by atoms with Gasteiger partial charge in [-0.1, -0.05) is 29.4 Å². The highest BCUT2D eigenvalue weighted by Crippen LogP contribution is 2.21. The Hall–Kier alpha value is -1.61. The summed E-state index contributed by atoms with van der Waals surface area (Å²) in [5.74, 6) is 0. The Kier molecular flexibility index (Phi) is 2.10. The normalized spacial score (nSPS) is 10.2. The molecule has 0 aliphatic carbocycles. The molecular formula is C10H9NO2. The molecule has 13 heavy (non-hydrogen) atoms. The lowest BCUT2D eigenvalue weighted by atomic mass is 10.1. The van der Waals surface area contributed by atoms with Crippen molar-refractivity contribution in [3.8, 4) is 11.3 Å². The van der Waals surface area contributed by atoms with Crippen LogP contribution in [0.4, 0.5) is 0 Å². The molecule has 2 aromatic rings. The fourth-order valence-electron chi connectivity index (χ4n) is 1.26. The number of hydrogen-bond donors (Lipinski definition) is 1. The van der Waals surface area contributed by atoms with E-state index in [0.29, 0.717) is 0 Å². The molecule has 2 rings (SSSR count). The molecule has 0 aliphatic rings. The first-order chi connectivity index (χ1) is 6.42. The lowest BCUT2D eigenvalue weighted by Crippen LogP contribution is -1.88. The molecule has 0 bridgehead atoms. The van der Waals surface area contributed by atoms with Gasteiger partial charge in [0.05, 0.1) is 6.61 Å². The molecule has 3 nitrogen and oxygen atoms in total. The summed E-state index contributed by atoms with van der Waals surface area (Å²) >= 11 is 0. The Morgan fingerprint density at radius 3 is 2.77 bits per heavy atom. The molecule has 3 heteroatoms. The van der Waals surface area contributed by atoms with E-state index in [4.69, 9.17) is 9.63 Å². The number of aromatic nitrogens is 1. The maximum absolute atomic E-state index is 9.06. The van der Waals surface area contributed by atoms with E-state index in [1.54, 1.807) is 6.07 Å². The smallest absolute Gasteiger partial charge is 0.124 e. The van der Waals surface area contributed by atoms with E-state index < -0.39 is 0 Å². The van der Waals surface area contributed by atoms with Crippen LogP contribution in [0.2, 0.25) is 0 Å². The molecule has 66 valence electrons. The van der Waals surface area contributed by atoms with Crippen molar-refractivity contribution in [1.29, 1.82) is 0 Å². The van der Waals surface area contributed by atoms with Gasteiger partial charge in [-0.05, 0) is 5.56 Å². The lowest BCUT2D eigenvalue weighted by Gasteiger charge is -2.01. The van der Waals surface area contributed by atoms with Gasteiger partial charge in [0, 0.05) is 11.6 Å². The molecule has 0 radical (unpaired) electrons. The number of aliphatic hydroxyl groups excluding tert-OH is 1. The Morgan fingerprint density at radius 1 is 1.23 bits per heavy atom. The average Bonchev–Trinajstić information content (AvgIpc) is 2.70. The van der Waals surface area contributed by atoms with Crippen molar-refractivity contribution in [3.63, 3.8) is 0 Å². The molecule has 1 heterocycles. The Balaban J connectivity index is 2.51. The van der Waals surface area contributed by atoms with Crippen LogP contribution in [0.15, 0.2) is 41.1 Å². The summed E-state index contributed by atoms with van der Waals surface area (Å²) in [6, 6.07) is 9.33. The van der Waals surface area contributed by atoms with E-state index in [2.05, 4.69) is 5.16 Å². The monoisotopic (exact) mass is 175 g/mol. The molecule has 0 saturated carbocycles. The van der Waals surface area contributed by atoms with Crippen molar-refractivity contribution in [2.24, 2.45) is 0 Å². The highest BCUT2D eigenvalue weighted by Gasteiger charge is 2.05.